The number of rotatable bonds is 4. The van der Waals surface area contributed by atoms with Crippen LogP contribution in [0, 0.1) is 22.7 Å². The van der Waals surface area contributed by atoms with Crippen molar-refractivity contribution < 1.29 is 33.3 Å². The summed E-state index contributed by atoms with van der Waals surface area (Å²) in [6.07, 6.45) is 3.69. The number of ether oxygens (including phenoxy) is 4. The smallest absolute Gasteiger partial charge is 0.308 e. The minimum absolute atomic E-state index is 0.00961. The molecule has 4 aliphatic rings. The highest BCUT2D eigenvalue weighted by Crippen LogP contribution is 2.66. The van der Waals surface area contributed by atoms with Gasteiger partial charge in [0.1, 0.15) is 36.1 Å². The van der Waals surface area contributed by atoms with Crippen molar-refractivity contribution in [3.8, 4) is 11.5 Å². The van der Waals surface area contributed by atoms with E-state index in [0.29, 0.717) is 60.3 Å². The van der Waals surface area contributed by atoms with Crippen LogP contribution in [-0.4, -0.2) is 42.4 Å². The third-order valence-electron chi connectivity index (χ3n) is 9.54. The van der Waals surface area contributed by atoms with Gasteiger partial charge < -0.3 is 18.9 Å². The zero-order valence-electron chi connectivity index (χ0n) is 22.7. The maximum absolute atomic E-state index is 13.0. The molecule has 8 heteroatoms. The Bertz CT molecular complexity index is 1200. The molecule has 2 heterocycles. The average Bonchev–Trinajstić information content (AvgIpc) is 3.49. The van der Waals surface area contributed by atoms with Gasteiger partial charge in [0.25, 0.3) is 0 Å². The largest absolute Gasteiger partial charge is 0.485 e. The number of carbonyl (C=O) groups excluding carboxylic acids is 3. The first-order chi connectivity index (χ1) is 17.4. The molecule has 1 spiro atoms. The molecule has 4 atom stereocenters. The molecule has 200 valence electrons. The number of hydrogen-bond acceptors (Lipinski definition) is 8. The van der Waals surface area contributed by atoms with Crippen molar-refractivity contribution in [1.82, 2.24) is 0 Å². The number of aliphatic imine (C=N–C) groups is 1. The minimum atomic E-state index is -0.604. The molecule has 1 aromatic rings. The molecule has 8 nitrogen and oxygen atoms in total. The third kappa shape index (κ3) is 3.86. The molecule has 0 N–H and O–H groups in total. The zero-order chi connectivity index (χ0) is 26.8. The van der Waals surface area contributed by atoms with E-state index in [9.17, 15) is 14.4 Å². The van der Waals surface area contributed by atoms with Crippen LogP contribution in [0.3, 0.4) is 0 Å². The lowest BCUT2D eigenvalue weighted by atomic mass is 9.44. The van der Waals surface area contributed by atoms with Crippen LogP contribution < -0.4 is 9.47 Å². The van der Waals surface area contributed by atoms with Gasteiger partial charge in [0.05, 0.1) is 12.1 Å². The zero-order valence-corrected chi connectivity index (χ0v) is 22.7. The number of hydrogen-bond donors (Lipinski definition) is 0. The maximum atomic E-state index is 13.0. The van der Waals surface area contributed by atoms with Gasteiger partial charge in [-0.2, -0.15) is 0 Å². The van der Waals surface area contributed by atoms with E-state index in [1.165, 1.54) is 13.8 Å². The molecule has 5 rings (SSSR count). The lowest BCUT2D eigenvalue weighted by Gasteiger charge is -2.62. The van der Waals surface area contributed by atoms with Crippen molar-refractivity contribution in [3.63, 3.8) is 0 Å². The van der Waals surface area contributed by atoms with E-state index in [1.807, 2.05) is 0 Å². The van der Waals surface area contributed by atoms with Crippen LogP contribution in [0.2, 0.25) is 0 Å². The number of nitrogens with zero attached hydrogens (tertiary/aromatic N) is 1. The summed E-state index contributed by atoms with van der Waals surface area (Å²) in [5.74, 6) is 1.25. The lowest BCUT2D eigenvalue weighted by Crippen LogP contribution is -2.66. The predicted molar refractivity (Wildman–Crippen MR) is 136 cm³/mol. The van der Waals surface area contributed by atoms with E-state index in [-0.39, 0.29) is 23.9 Å². The van der Waals surface area contributed by atoms with Crippen molar-refractivity contribution in [3.05, 3.63) is 22.8 Å². The van der Waals surface area contributed by atoms with Crippen molar-refractivity contribution in [2.75, 3.05) is 13.2 Å². The van der Waals surface area contributed by atoms with E-state index in [0.717, 1.165) is 24.8 Å². The Morgan fingerprint density at radius 1 is 1.16 bits per heavy atom. The molecule has 0 saturated heterocycles. The number of Topliss-reactive ketones (excluding diaryl/α,β-unsaturated/α-hetero) is 1. The van der Waals surface area contributed by atoms with E-state index in [2.05, 4.69) is 32.7 Å². The van der Waals surface area contributed by atoms with Gasteiger partial charge in [0.2, 0.25) is 5.90 Å². The summed E-state index contributed by atoms with van der Waals surface area (Å²) in [4.78, 5) is 41.5. The fourth-order valence-electron chi connectivity index (χ4n) is 7.60. The number of fused-ring (bicyclic) bond motifs is 3. The van der Waals surface area contributed by atoms with Crippen LogP contribution in [0.4, 0.5) is 0 Å². The summed E-state index contributed by atoms with van der Waals surface area (Å²) in [7, 11) is 0. The second-order valence-electron chi connectivity index (χ2n) is 11.9. The second-order valence-corrected chi connectivity index (χ2v) is 11.9. The van der Waals surface area contributed by atoms with Gasteiger partial charge in [-0.3, -0.25) is 14.4 Å². The molecule has 0 amide bonds. The van der Waals surface area contributed by atoms with Crippen LogP contribution >= 0.6 is 0 Å². The molecule has 0 radical (unpaired) electrons. The Kier molecular flexibility index (Phi) is 6.15. The first-order valence-electron chi connectivity index (χ1n) is 13.3. The van der Waals surface area contributed by atoms with Crippen LogP contribution in [0.5, 0.6) is 11.5 Å². The molecular weight excluding hydrogens is 474 g/mol. The SMILES string of the molecule is CC(=O)OCc1c(C2=NCCO2)cc(OC(C)=O)c2c1O[C@]1(C2)[C@H](C)CC[C@H]2C(C)(C)C(=O)CC[C@@]21C. The minimum Gasteiger partial charge on any atom is -0.485 e. The quantitative estimate of drug-likeness (QED) is 0.431. The number of benzene rings is 1. The van der Waals surface area contributed by atoms with Gasteiger partial charge >= 0.3 is 11.9 Å². The Balaban J connectivity index is 1.69. The topological polar surface area (TPSA) is 100 Å². The van der Waals surface area contributed by atoms with E-state index >= 15 is 0 Å². The van der Waals surface area contributed by atoms with Crippen molar-refractivity contribution in [2.45, 2.75) is 85.9 Å². The highest BCUT2D eigenvalue weighted by Gasteiger charge is 2.67. The maximum Gasteiger partial charge on any atom is 0.308 e. The Labute approximate surface area is 218 Å². The molecule has 0 unspecified atom stereocenters. The number of carbonyl (C=O) groups is 3. The average molecular weight is 512 g/mol. The van der Waals surface area contributed by atoms with Crippen LogP contribution in [0.15, 0.2) is 11.1 Å². The van der Waals surface area contributed by atoms with Gasteiger partial charge in [0, 0.05) is 48.6 Å². The molecule has 2 saturated carbocycles. The highest BCUT2D eigenvalue weighted by atomic mass is 16.5. The Hall–Kier alpha value is -2.90. The molecule has 0 bridgehead atoms. The summed E-state index contributed by atoms with van der Waals surface area (Å²) in [5.41, 5.74) is 0.734. The number of esters is 2. The van der Waals surface area contributed by atoms with Crippen molar-refractivity contribution >= 4 is 23.6 Å². The fraction of sp³-hybridized carbons (Fsp3) is 0.655. The number of ketones is 1. The van der Waals surface area contributed by atoms with Gasteiger partial charge in [-0.1, -0.05) is 27.7 Å². The van der Waals surface area contributed by atoms with Gasteiger partial charge in [-0.15, -0.1) is 0 Å². The van der Waals surface area contributed by atoms with Crippen molar-refractivity contribution in [1.29, 1.82) is 0 Å². The summed E-state index contributed by atoms with van der Waals surface area (Å²) >= 11 is 0. The summed E-state index contributed by atoms with van der Waals surface area (Å²) < 4.78 is 24.1. The van der Waals surface area contributed by atoms with Crippen LogP contribution in [0.25, 0.3) is 0 Å². The Morgan fingerprint density at radius 3 is 2.57 bits per heavy atom. The summed E-state index contributed by atoms with van der Waals surface area (Å²) in [6.45, 7) is 12.4. The predicted octanol–water partition coefficient (Wildman–Crippen LogP) is 4.57. The van der Waals surface area contributed by atoms with Crippen LogP contribution in [-0.2, 0) is 36.9 Å². The van der Waals surface area contributed by atoms with E-state index in [4.69, 9.17) is 18.9 Å². The van der Waals surface area contributed by atoms with Gasteiger partial charge in [0.15, 0.2) is 0 Å². The summed E-state index contributed by atoms with van der Waals surface area (Å²) in [5, 5.41) is 0. The normalized spacial score (nSPS) is 31.6. The lowest BCUT2D eigenvalue weighted by molar-refractivity contribution is -0.188. The Morgan fingerprint density at radius 2 is 1.92 bits per heavy atom. The molecule has 0 aromatic heterocycles. The molecule has 2 fully saturated rings. The molecule has 2 aliphatic carbocycles. The fourth-order valence-corrected chi connectivity index (χ4v) is 7.60. The standard InChI is InChI=1S/C29H37NO7/c1-16-7-8-23-27(4,5)24(33)9-10-28(23,6)29(16)14-20-22(36-18(3)32)13-19(26-30-11-12-34-26)21(25(20)37-29)15-35-17(2)31/h13,16,23H,7-12,14-15H2,1-6H3/t16-,23+,28+,29-/m1/s1. The first kappa shape index (κ1) is 25.7. The second kappa shape index (κ2) is 8.84. The summed E-state index contributed by atoms with van der Waals surface area (Å²) in [6, 6.07) is 1.77. The first-order valence-corrected chi connectivity index (χ1v) is 13.3. The monoisotopic (exact) mass is 511 g/mol. The highest BCUT2D eigenvalue weighted by molar-refractivity contribution is 5.98. The molecule has 37 heavy (non-hydrogen) atoms. The molecule has 1 aromatic carbocycles. The molecule has 2 aliphatic heterocycles. The van der Waals surface area contributed by atoms with E-state index in [1.54, 1.807) is 6.07 Å². The molecular formula is C29H37NO7. The van der Waals surface area contributed by atoms with E-state index < -0.39 is 23.0 Å². The third-order valence-corrected chi connectivity index (χ3v) is 9.54. The van der Waals surface area contributed by atoms with Gasteiger partial charge in [-0.05, 0) is 37.2 Å². The van der Waals surface area contributed by atoms with Gasteiger partial charge in [-0.25, -0.2) is 4.99 Å². The van der Waals surface area contributed by atoms with Crippen molar-refractivity contribution in [2.24, 2.45) is 27.7 Å². The van der Waals surface area contributed by atoms with Crippen LogP contribution in [0.1, 0.15) is 83.9 Å².